The van der Waals surface area contributed by atoms with Crippen LogP contribution in [-0.4, -0.2) is 58.2 Å². The second kappa shape index (κ2) is 16.2. The zero-order valence-electron chi connectivity index (χ0n) is 26.5. The van der Waals surface area contributed by atoms with Crippen molar-refractivity contribution in [1.29, 1.82) is 0 Å². The summed E-state index contributed by atoms with van der Waals surface area (Å²) in [6.07, 6.45) is -0.145. The zero-order valence-corrected chi connectivity index (χ0v) is 27.5. The van der Waals surface area contributed by atoms with Crippen LogP contribution in [0.3, 0.4) is 0 Å². The molecule has 1 aliphatic rings. The van der Waals surface area contributed by atoms with E-state index in [9.17, 15) is 5.11 Å². The van der Waals surface area contributed by atoms with E-state index in [4.69, 9.17) is 23.4 Å². The van der Waals surface area contributed by atoms with Crippen LogP contribution >= 0.6 is 0 Å². The number of rotatable bonds is 14. The van der Waals surface area contributed by atoms with Gasteiger partial charge in [-0.1, -0.05) is 90.9 Å². The topological polar surface area (TPSA) is 66.4 Å². The minimum Gasteiger partial charge on any atom is -0.497 e. The van der Waals surface area contributed by atoms with Crippen molar-refractivity contribution in [1.82, 2.24) is 0 Å². The molecule has 1 saturated heterocycles. The molecule has 0 amide bonds. The third kappa shape index (κ3) is 9.37. The van der Waals surface area contributed by atoms with Crippen LogP contribution in [0.1, 0.15) is 72.4 Å². The highest BCUT2D eigenvalue weighted by molar-refractivity contribution is 6.77. The number of hydrogen-bond acceptors (Lipinski definition) is 6. The Morgan fingerprint density at radius 3 is 2.00 bits per heavy atom. The monoisotopic (exact) mass is 586 g/mol. The highest BCUT2D eigenvalue weighted by Crippen LogP contribution is 2.42. The summed E-state index contributed by atoms with van der Waals surface area (Å²) in [7, 11) is -0.463. The molecule has 5 atom stereocenters. The quantitative estimate of drug-likeness (QED) is 0.231. The second-order valence-corrected chi connectivity index (χ2v) is 18.1. The van der Waals surface area contributed by atoms with Crippen molar-refractivity contribution in [3.05, 3.63) is 65.7 Å². The summed E-state index contributed by atoms with van der Waals surface area (Å²) in [6, 6.07) is 18.1. The molecule has 7 heteroatoms. The maximum atomic E-state index is 11.2. The molecule has 1 heterocycles. The Morgan fingerprint density at radius 2 is 1.41 bits per heavy atom. The van der Waals surface area contributed by atoms with Crippen LogP contribution in [0.25, 0.3) is 0 Å². The van der Waals surface area contributed by atoms with E-state index in [1.807, 2.05) is 54.6 Å². The van der Waals surface area contributed by atoms with E-state index in [1.54, 1.807) is 7.11 Å². The molecule has 0 unspecified atom stereocenters. The zero-order chi connectivity index (χ0) is 30.0. The fraction of sp³-hybridized carbons (Fsp3) is 0.647. The molecule has 230 valence electrons. The highest BCUT2D eigenvalue weighted by Gasteiger charge is 2.46. The van der Waals surface area contributed by atoms with Gasteiger partial charge in [-0.15, -0.1) is 0 Å². The number of hydrogen-bond donors (Lipinski definition) is 1. The molecule has 2 aromatic carbocycles. The minimum absolute atomic E-state index is 0.172. The van der Waals surface area contributed by atoms with Crippen LogP contribution in [-0.2, 0) is 31.9 Å². The van der Waals surface area contributed by atoms with Crippen molar-refractivity contribution < 1.29 is 28.5 Å². The van der Waals surface area contributed by atoms with Gasteiger partial charge in [0.2, 0.25) is 0 Å². The van der Waals surface area contributed by atoms with Crippen LogP contribution in [0, 0.1) is 5.92 Å². The van der Waals surface area contributed by atoms with E-state index in [2.05, 4.69) is 48.5 Å². The first kappa shape index (κ1) is 33.8. The number of aliphatic hydroxyl groups excluding tert-OH is 1. The summed E-state index contributed by atoms with van der Waals surface area (Å²) in [5.41, 5.74) is 3.57. The molecule has 2 aromatic rings. The first-order valence-corrected chi connectivity index (χ1v) is 17.5. The van der Waals surface area contributed by atoms with Gasteiger partial charge in [0.15, 0.2) is 8.32 Å². The smallest absolute Gasteiger partial charge is 0.200 e. The Bertz CT molecular complexity index is 974. The number of ether oxygens (including phenoxy) is 4. The Morgan fingerprint density at radius 1 is 0.805 bits per heavy atom. The van der Waals surface area contributed by atoms with Gasteiger partial charge < -0.3 is 28.5 Å². The van der Waals surface area contributed by atoms with Crippen molar-refractivity contribution in [3.63, 3.8) is 0 Å². The average Bonchev–Trinajstić information content (AvgIpc) is 2.93. The lowest BCUT2D eigenvalue weighted by Gasteiger charge is -2.44. The van der Waals surface area contributed by atoms with E-state index >= 15 is 0 Å². The predicted octanol–water partition coefficient (Wildman–Crippen LogP) is 7.53. The molecule has 0 aromatic heterocycles. The lowest BCUT2D eigenvalue weighted by Crippen LogP contribution is -2.52. The fourth-order valence-electron chi connectivity index (χ4n) is 6.60. The van der Waals surface area contributed by atoms with Crippen LogP contribution < -0.4 is 4.74 Å². The molecule has 6 nitrogen and oxygen atoms in total. The van der Waals surface area contributed by atoms with Gasteiger partial charge in [0, 0.05) is 0 Å². The van der Waals surface area contributed by atoms with Crippen LogP contribution in [0.4, 0.5) is 0 Å². The molecule has 0 radical (unpaired) electrons. The summed E-state index contributed by atoms with van der Waals surface area (Å²) in [6.45, 7) is 17.7. The molecular formula is C34H54O6Si. The van der Waals surface area contributed by atoms with Crippen molar-refractivity contribution in [2.24, 2.45) is 5.92 Å². The molecular weight excluding hydrogens is 532 g/mol. The molecule has 0 saturated carbocycles. The van der Waals surface area contributed by atoms with Gasteiger partial charge in [-0.3, -0.25) is 0 Å². The van der Waals surface area contributed by atoms with Crippen molar-refractivity contribution >= 4 is 8.32 Å². The van der Waals surface area contributed by atoms with Crippen molar-refractivity contribution in [2.75, 3.05) is 20.3 Å². The van der Waals surface area contributed by atoms with E-state index in [0.29, 0.717) is 49.5 Å². The van der Waals surface area contributed by atoms with Gasteiger partial charge in [-0.2, -0.15) is 0 Å². The molecule has 0 bridgehead atoms. The summed E-state index contributed by atoms with van der Waals surface area (Å²) < 4.78 is 31.8. The molecule has 0 aliphatic carbocycles. The van der Waals surface area contributed by atoms with Crippen LogP contribution in [0.2, 0.25) is 16.6 Å². The van der Waals surface area contributed by atoms with Crippen molar-refractivity contribution in [2.45, 2.75) is 116 Å². The highest BCUT2D eigenvalue weighted by atomic mass is 28.4. The first-order valence-electron chi connectivity index (χ1n) is 15.4. The number of aliphatic hydroxyl groups is 1. The average molecular weight is 587 g/mol. The van der Waals surface area contributed by atoms with Gasteiger partial charge in [-0.25, -0.2) is 0 Å². The molecule has 1 N–H and O–H groups in total. The summed E-state index contributed by atoms with van der Waals surface area (Å²) in [4.78, 5) is 0. The van der Waals surface area contributed by atoms with Crippen LogP contribution in [0.15, 0.2) is 54.6 Å². The molecule has 3 rings (SSSR count). The van der Waals surface area contributed by atoms with Gasteiger partial charge >= 0.3 is 0 Å². The maximum Gasteiger partial charge on any atom is 0.200 e. The van der Waals surface area contributed by atoms with E-state index in [1.165, 1.54) is 0 Å². The lowest BCUT2D eigenvalue weighted by molar-refractivity contribution is -0.180. The number of methoxy groups -OCH3 is 1. The third-order valence-corrected chi connectivity index (χ3v) is 14.8. The Labute approximate surface area is 249 Å². The van der Waals surface area contributed by atoms with Gasteiger partial charge in [0.25, 0.3) is 0 Å². The van der Waals surface area contributed by atoms with Crippen molar-refractivity contribution in [3.8, 4) is 5.75 Å². The molecule has 0 spiro atoms. The van der Waals surface area contributed by atoms with E-state index in [-0.39, 0.29) is 18.1 Å². The predicted molar refractivity (Wildman–Crippen MR) is 168 cm³/mol. The Balaban J connectivity index is 1.82. The lowest BCUT2D eigenvalue weighted by atomic mass is 9.91. The van der Waals surface area contributed by atoms with Gasteiger partial charge in [-0.05, 0) is 58.6 Å². The molecule has 1 aliphatic heterocycles. The normalized spacial score (nSPS) is 24.0. The number of benzene rings is 2. The van der Waals surface area contributed by atoms with Crippen LogP contribution in [0.5, 0.6) is 5.75 Å². The minimum atomic E-state index is -2.14. The second-order valence-electron chi connectivity index (χ2n) is 12.7. The first-order chi connectivity index (χ1) is 19.6. The van der Waals surface area contributed by atoms with E-state index < -0.39 is 20.5 Å². The Hall–Kier alpha value is -1.74. The Kier molecular flexibility index (Phi) is 13.3. The van der Waals surface area contributed by atoms with E-state index in [0.717, 1.165) is 23.3 Å². The SMILES string of the molecule is COc1ccc(CO[C@H]2C[C@@H](C)C[C@@H](O)[C@H](COCc3ccccc3)O[C@@H]2CO[Si](C(C)C)(C(C)C)C(C)C)cc1. The standard InChI is InChI=1S/C34H54O6Si/c1-24(2)41(25(3)4,26(5)6)39-23-34-32(38-21-29-14-16-30(36-8)17-15-29)19-27(7)18-31(35)33(40-34)22-37-20-28-12-10-9-11-13-28/h9-17,24-27,31-35H,18-23H2,1-8H3/t27-,31+,32-,33-,34+/m0/s1. The molecule has 1 fully saturated rings. The summed E-state index contributed by atoms with van der Waals surface area (Å²) in [5, 5.41) is 11.2. The fourth-order valence-corrected chi connectivity index (χ4v) is 12.1. The maximum absolute atomic E-state index is 11.2. The largest absolute Gasteiger partial charge is 0.497 e. The summed E-state index contributed by atoms with van der Waals surface area (Å²) >= 11 is 0. The molecule has 41 heavy (non-hydrogen) atoms. The van der Waals surface area contributed by atoms with Gasteiger partial charge in [0.1, 0.15) is 18.0 Å². The summed E-state index contributed by atoms with van der Waals surface area (Å²) in [5.74, 6) is 1.09. The van der Waals surface area contributed by atoms with Gasteiger partial charge in [0.05, 0.1) is 45.7 Å². The third-order valence-electron chi connectivity index (χ3n) is 8.69.